The van der Waals surface area contributed by atoms with Crippen LogP contribution in [-0.4, -0.2) is 46.9 Å². The largest absolute Gasteiger partial charge is 0.354 e. The highest BCUT2D eigenvalue weighted by Gasteiger charge is 2.31. The minimum absolute atomic E-state index is 0.0168. The van der Waals surface area contributed by atoms with Crippen molar-refractivity contribution in [3.63, 3.8) is 0 Å². The number of aryl methyl sites for hydroxylation is 2. The standard InChI is InChI=1S/C24H29N5O2S/c30-22(25-20-7-6-16-3-1-4-17(16)13-20)15-32-23-11-10-21(27-28-23)29-12-2-5-18(14-29)24(31)26-19-8-9-19/h6-7,10-11,13,18-19H,1-5,8-9,12,14-15H2,(H,25,30)(H,26,31). The van der Waals surface area contributed by atoms with Crippen LogP contribution in [0.5, 0.6) is 0 Å². The predicted octanol–water partition coefficient (Wildman–Crippen LogP) is 3.19. The molecule has 2 aromatic rings. The third kappa shape index (κ3) is 5.23. The van der Waals surface area contributed by atoms with E-state index in [1.807, 2.05) is 18.2 Å². The van der Waals surface area contributed by atoms with Crippen molar-refractivity contribution in [1.82, 2.24) is 15.5 Å². The maximum absolute atomic E-state index is 12.4. The smallest absolute Gasteiger partial charge is 0.234 e. The van der Waals surface area contributed by atoms with Crippen LogP contribution in [0.3, 0.4) is 0 Å². The Morgan fingerprint density at radius 3 is 2.72 bits per heavy atom. The molecule has 1 unspecified atom stereocenters. The van der Waals surface area contributed by atoms with Crippen LogP contribution in [0, 0.1) is 5.92 Å². The molecule has 1 saturated carbocycles. The van der Waals surface area contributed by atoms with E-state index in [4.69, 9.17) is 0 Å². The summed E-state index contributed by atoms with van der Waals surface area (Å²) >= 11 is 1.38. The third-order valence-electron chi connectivity index (χ3n) is 6.40. The molecule has 1 atom stereocenters. The highest BCUT2D eigenvalue weighted by Crippen LogP contribution is 2.26. The monoisotopic (exact) mass is 451 g/mol. The van der Waals surface area contributed by atoms with Gasteiger partial charge in [-0.3, -0.25) is 9.59 Å². The lowest BCUT2D eigenvalue weighted by Crippen LogP contribution is -2.44. The number of nitrogens with one attached hydrogen (secondary N) is 2. The number of piperidine rings is 1. The van der Waals surface area contributed by atoms with Crippen molar-refractivity contribution in [2.75, 3.05) is 29.1 Å². The summed E-state index contributed by atoms with van der Waals surface area (Å²) in [5.41, 5.74) is 3.61. The van der Waals surface area contributed by atoms with Crippen LogP contribution in [0.1, 0.15) is 43.2 Å². The number of aromatic nitrogens is 2. The lowest BCUT2D eigenvalue weighted by molar-refractivity contribution is -0.125. The number of carbonyl (C=O) groups is 2. The van der Waals surface area contributed by atoms with E-state index in [-0.39, 0.29) is 23.5 Å². The number of carbonyl (C=O) groups excluding carboxylic acids is 2. The van der Waals surface area contributed by atoms with Gasteiger partial charge in [-0.25, -0.2) is 0 Å². The molecule has 1 saturated heterocycles. The molecule has 32 heavy (non-hydrogen) atoms. The summed E-state index contributed by atoms with van der Waals surface area (Å²) in [6.07, 6.45) is 7.55. The van der Waals surface area contributed by atoms with Crippen LogP contribution in [0.4, 0.5) is 11.5 Å². The molecule has 3 aliphatic rings. The van der Waals surface area contributed by atoms with Gasteiger partial charge in [-0.15, -0.1) is 10.2 Å². The van der Waals surface area contributed by atoms with Crippen molar-refractivity contribution >= 4 is 35.1 Å². The van der Waals surface area contributed by atoms with Crippen molar-refractivity contribution in [3.05, 3.63) is 41.5 Å². The fourth-order valence-electron chi connectivity index (χ4n) is 4.49. The minimum atomic E-state index is -0.0422. The van der Waals surface area contributed by atoms with Gasteiger partial charge < -0.3 is 15.5 Å². The number of thioether (sulfide) groups is 1. The van der Waals surface area contributed by atoms with Crippen molar-refractivity contribution in [2.45, 2.75) is 56.0 Å². The van der Waals surface area contributed by atoms with E-state index < -0.39 is 0 Å². The van der Waals surface area contributed by atoms with Crippen LogP contribution in [0.25, 0.3) is 0 Å². The Morgan fingerprint density at radius 2 is 1.91 bits per heavy atom. The van der Waals surface area contributed by atoms with Gasteiger partial charge in [-0.2, -0.15) is 0 Å². The molecule has 2 fully saturated rings. The number of hydrogen-bond donors (Lipinski definition) is 2. The van der Waals surface area contributed by atoms with Gasteiger partial charge in [0, 0.05) is 24.8 Å². The molecule has 168 valence electrons. The molecule has 2 N–H and O–H groups in total. The van der Waals surface area contributed by atoms with Gasteiger partial charge in [0.15, 0.2) is 5.82 Å². The first-order valence-electron chi connectivity index (χ1n) is 11.6. The molecular formula is C24H29N5O2S. The summed E-state index contributed by atoms with van der Waals surface area (Å²) in [7, 11) is 0. The van der Waals surface area contributed by atoms with Crippen LogP contribution in [0.15, 0.2) is 35.4 Å². The molecule has 8 heteroatoms. The van der Waals surface area contributed by atoms with Crippen molar-refractivity contribution in [2.24, 2.45) is 5.92 Å². The van der Waals surface area contributed by atoms with Gasteiger partial charge in [0.2, 0.25) is 11.8 Å². The second-order valence-electron chi connectivity index (χ2n) is 8.97. The Morgan fingerprint density at radius 1 is 1.03 bits per heavy atom. The molecule has 0 bridgehead atoms. The fraction of sp³-hybridized carbons (Fsp3) is 0.500. The Kier molecular flexibility index (Phi) is 6.30. The van der Waals surface area contributed by atoms with E-state index in [2.05, 4.69) is 37.9 Å². The summed E-state index contributed by atoms with van der Waals surface area (Å²) in [6.45, 7) is 1.57. The van der Waals surface area contributed by atoms with Gasteiger partial charge in [0.25, 0.3) is 0 Å². The number of anilines is 2. The summed E-state index contributed by atoms with van der Waals surface area (Å²) < 4.78 is 0. The first-order valence-corrected chi connectivity index (χ1v) is 12.6. The molecule has 5 rings (SSSR count). The summed E-state index contributed by atoms with van der Waals surface area (Å²) in [4.78, 5) is 26.9. The van der Waals surface area contributed by atoms with E-state index in [1.165, 1.54) is 29.3 Å². The number of fused-ring (bicyclic) bond motifs is 1. The molecule has 2 amide bonds. The van der Waals surface area contributed by atoms with Gasteiger partial charge in [0.05, 0.1) is 11.7 Å². The zero-order valence-electron chi connectivity index (χ0n) is 18.2. The second-order valence-corrected chi connectivity index (χ2v) is 9.97. The zero-order valence-corrected chi connectivity index (χ0v) is 19.0. The van der Waals surface area contributed by atoms with E-state index in [1.54, 1.807) is 0 Å². The van der Waals surface area contributed by atoms with Crippen LogP contribution in [-0.2, 0) is 22.4 Å². The third-order valence-corrected chi connectivity index (χ3v) is 7.32. The molecule has 1 aromatic carbocycles. The van der Waals surface area contributed by atoms with E-state index in [0.29, 0.717) is 12.6 Å². The maximum Gasteiger partial charge on any atom is 0.234 e. The Labute approximate surface area is 192 Å². The first kappa shape index (κ1) is 21.2. The molecule has 0 spiro atoms. The summed E-state index contributed by atoms with van der Waals surface area (Å²) in [6, 6.07) is 10.4. The number of hydrogen-bond acceptors (Lipinski definition) is 6. The Balaban J connectivity index is 1.11. The predicted molar refractivity (Wildman–Crippen MR) is 126 cm³/mol. The Hall–Kier alpha value is -2.61. The van der Waals surface area contributed by atoms with E-state index in [9.17, 15) is 9.59 Å². The van der Waals surface area contributed by atoms with Crippen LogP contribution < -0.4 is 15.5 Å². The number of rotatable bonds is 7. The average Bonchev–Trinajstić information content (AvgIpc) is 3.51. The zero-order chi connectivity index (χ0) is 21.9. The Bertz CT molecular complexity index is 992. The van der Waals surface area contributed by atoms with E-state index >= 15 is 0 Å². The molecule has 7 nitrogen and oxygen atoms in total. The summed E-state index contributed by atoms with van der Waals surface area (Å²) in [5.74, 6) is 1.23. The number of benzene rings is 1. The highest BCUT2D eigenvalue weighted by molar-refractivity contribution is 7.99. The SMILES string of the molecule is O=C(CSc1ccc(N2CCCC(C(=O)NC3CC3)C2)nn1)Nc1ccc2c(c1)CCC2. The molecule has 1 aromatic heterocycles. The normalized spacial score (nSPS) is 20.0. The topological polar surface area (TPSA) is 87.2 Å². The van der Waals surface area contributed by atoms with Crippen molar-refractivity contribution < 1.29 is 9.59 Å². The van der Waals surface area contributed by atoms with Gasteiger partial charge in [0.1, 0.15) is 5.03 Å². The number of amides is 2. The lowest BCUT2D eigenvalue weighted by Gasteiger charge is -2.32. The molecule has 1 aliphatic heterocycles. The van der Waals surface area contributed by atoms with E-state index in [0.717, 1.165) is 61.6 Å². The molecule has 0 radical (unpaired) electrons. The first-order chi connectivity index (χ1) is 15.6. The van der Waals surface area contributed by atoms with Crippen molar-refractivity contribution in [1.29, 1.82) is 0 Å². The summed E-state index contributed by atoms with van der Waals surface area (Å²) in [5, 5.41) is 15.5. The van der Waals surface area contributed by atoms with Crippen LogP contribution in [0.2, 0.25) is 0 Å². The quantitative estimate of drug-likeness (QED) is 0.629. The lowest BCUT2D eigenvalue weighted by atomic mass is 9.97. The molecular weight excluding hydrogens is 422 g/mol. The van der Waals surface area contributed by atoms with Gasteiger partial charge >= 0.3 is 0 Å². The number of nitrogens with zero attached hydrogens (tertiary/aromatic N) is 3. The van der Waals surface area contributed by atoms with Gasteiger partial charge in [-0.05, 0) is 80.3 Å². The highest BCUT2D eigenvalue weighted by atomic mass is 32.2. The minimum Gasteiger partial charge on any atom is -0.354 e. The fourth-order valence-corrected chi connectivity index (χ4v) is 5.10. The average molecular weight is 452 g/mol. The second kappa shape index (κ2) is 9.48. The molecule has 2 aliphatic carbocycles. The van der Waals surface area contributed by atoms with Crippen molar-refractivity contribution in [3.8, 4) is 0 Å². The van der Waals surface area contributed by atoms with Gasteiger partial charge in [-0.1, -0.05) is 17.8 Å². The maximum atomic E-state index is 12.4. The molecule has 2 heterocycles. The van der Waals surface area contributed by atoms with Crippen LogP contribution >= 0.6 is 11.8 Å².